The molecule has 0 aliphatic heterocycles. The summed E-state index contributed by atoms with van der Waals surface area (Å²) in [5, 5.41) is 0. The normalized spacial score (nSPS) is 11.5. The molecule has 0 aliphatic carbocycles. The van der Waals surface area contributed by atoms with Crippen molar-refractivity contribution in [2.75, 3.05) is 19.8 Å². The molecule has 0 saturated heterocycles. The van der Waals surface area contributed by atoms with Crippen LogP contribution in [0, 0.1) is 0 Å². The molecule has 0 radical (unpaired) electrons. The Bertz CT molecular complexity index is 490. The topological polar surface area (TPSA) is 52.6 Å². The predicted octanol–water partition coefficient (Wildman–Crippen LogP) is 3.18. The van der Waals surface area contributed by atoms with E-state index >= 15 is 0 Å². The number of rotatable bonds is 7. The molecule has 0 saturated carbocycles. The molecule has 7 heteroatoms. The van der Waals surface area contributed by atoms with Crippen molar-refractivity contribution in [1.82, 2.24) is 0 Å². The van der Waals surface area contributed by atoms with Gasteiger partial charge in [-0.25, -0.2) is 8.42 Å². The molecule has 1 aromatic rings. The number of ether oxygens (including phenoxy) is 2. The quantitative estimate of drug-likeness (QED) is 0.555. The lowest BCUT2D eigenvalue weighted by Crippen LogP contribution is -2.03. The number of hydrogen-bond donors (Lipinski definition) is 0. The summed E-state index contributed by atoms with van der Waals surface area (Å²) in [5.74, 6) is 0.579. The Morgan fingerprint density at radius 2 is 2.06 bits per heavy atom. The third-order valence-corrected chi connectivity index (χ3v) is 4.05. The van der Waals surface area contributed by atoms with Gasteiger partial charge < -0.3 is 9.47 Å². The van der Waals surface area contributed by atoms with E-state index in [2.05, 4.69) is 15.9 Å². The molecule has 0 heterocycles. The molecule has 0 atom stereocenters. The maximum Gasteiger partial charge on any atom is 0.261 e. The van der Waals surface area contributed by atoms with Gasteiger partial charge in [0.2, 0.25) is 0 Å². The van der Waals surface area contributed by atoms with E-state index in [4.69, 9.17) is 20.2 Å². The fourth-order valence-electron chi connectivity index (χ4n) is 1.24. The summed E-state index contributed by atoms with van der Waals surface area (Å²) in [6.07, 6.45) is 0.774. The Balaban J connectivity index is 2.58. The molecule has 0 spiro atoms. The fourth-order valence-corrected chi connectivity index (χ4v) is 2.66. The highest BCUT2D eigenvalue weighted by Crippen LogP contribution is 2.29. The van der Waals surface area contributed by atoms with Crippen molar-refractivity contribution in [3.63, 3.8) is 0 Å². The summed E-state index contributed by atoms with van der Waals surface area (Å²) in [5.41, 5.74) is 0. The van der Waals surface area contributed by atoms with Crippen LogP contribution in [0.15, 0.2) is 27.6 Å². The second-order valence-corrected chi connectivity index (χ2v) is 6.85. The standard InChI is InChI=1S/C11H14BrClO4S/c1-2-16-6-3-7-17-11-5-4-9(8-10(11)12)18(13,14)15/h4-5,8H,2-3,6-7H2,1H3. The van der Waals surface area contributed by atoms with Gasteiger partial charge in [0, 0.05) is 30.3 Å². The van der Waals surface area contributed by atoms with Gasteiger partial charge in [-0.2, -0.15) is 0 Å². The highest BCUT2D eigenvalue weighted by molar-refractivity contribution is 9.10. The zero-order chi connectivity index (χ0) is 13.6. The van der Waals surface area contributed by atoms with E-state index in [1.807, 2.05) is 6.92 Å². The molecular formula is C11H14BrClO4S. The van der Waals surface area contributed by atoms with Crippen LogP contribution in [-0.2, 0) is 13.8 Å². The second-order valence-electron chi connectivity index (χ2n) is 3.43. The number of benzene rings is 1. The maximum atomic E-state index is 11.1. The molecule has 0 unspecified atom stereocenters. The Morgan fingerprint density at radius 3 is 2.61 bits per heavy atom. The molecule has 1 rings (SSSR count). The van der Waals surface area contributed by atoms with Gasteiger partial charge in [-0.1, -0.05) is 0 Å². The molecular weight excluding hydrogens is 344 g/mol. The molecule has 4 nitrogen and oxygen atoms in total. The summed E-state index contributed by atoms with van der Waals surface area (Å²) in [7, 11) is 1.53. The minimum atomic E-state index is -3.71. The minimum absolute atomic E-state index is 0.0395. The van der Waals surface area contributed by atoms with Crippen molar-refractivity contribution < 1.29 is 17.9 Å². The van der Waals surface area contributed by atoms with Crippen LogP contribution in [0.3, 0.4) is 0 Å². The van der Waals surface area contributed by atoms with Gasteiger partial charge in [-0.15, -0.1) is 0 Å². The summed E-state index contributed by atoms with van der Waals surface area (Å²) < 4.78 is 33.5. The van der Waals surface area contributed by atoms with Gasteiger partial charge in [0.25, 0.3) is 9.05 Å². The zero-order valence-corrected chi connectivity index (χ0v) is 13.0. The van der Waals surface area contributed by atoms with Gasteiger partial charge >= 0.3 is 0 Å². The summed E-state index contributed by atoms with van der Waals surface area (Å²) in [6, 6.07) is 4.39. The largest absolute Gasteiger partial charge is 0.492 e. The first-order valence-electron chi connectivity index (χ1n) is 5.40. The minimum Gasteiger partial charge on any atom is -0.492 e. The Morgan fingerprint density at radius 1 is 1.33 bits per heavy atom. The van der Waals surface area contributed by atoms with E-state index in [-0.39, 0.29) is 4.90 Å². The first kappa shape index (κ1) is 15.8. The van der Waals surface area contributed by atoms with Crippen LogP contribution in [0.1, 0.15) is 13.3 Å². The molecule has 0 amide bonds. The fraction of sp³-hybridized carbons (Fsp3) is 0.455. The van der Waals surface area contributed by atoms with E-state index in [1.54, 1.807) is 6.07 Å². The van der Waals surface area contributed by atoms with Crippen LogP contribution in [0.25, 0.3) is 0 Å². The molecule has 0 aliphatic rings. The van der Waals surface area contributed by atoms with Crippen LogP contribution in [-0.4, -0.2) is 28.2 Å². The predicted molar refractivity (Wildman–Crippen MR) is 73.8 cm³/mol. The van der Waals surface area contributed by atoms with Crippen molar-refractivity contribution in [1.29, 1.82) is 0 Å². The molecule has 0 aromatic heterocycles. The van der Waals surface area contributed by atoms with Crippen LogP contribution in [0.2, 0.25) is 0 Å². The van der Waals surface area contributed by atoms with Gasteiger partial charge in [-0.05, 0) is 41.1 Å². The van der Waals surface area contributed by atoms with Crippen molar-refractivity contribution in [2.45, 2.75) is 18.2 Å². The summed E-state index contributed by atoms with van der Waals surface area (Å²) in [6.45, 7) is 3.77. The first-order valence-corrected chi connectivity index (χ1v) is 8.50. The van der Waals surface area contributed by atoms with E-state index in [1.165, 1.54) is 12.1 Å². The van der Waals surface area contributed by atoms with Crippen LogP contribution in [0.5, 0.6) is 5.75 Å². The smallest absolute Gasteiger partial charge is 0.261 e. The lowest BCUT2D eigenvalue weighted by molar-refractivity contribution is 0.130. The Kier molecular flexibility index (Phi) is 6.42. The number of halogens is 2. The van der Waals surface area contributed by atoms with Crippen LogP contribution < -0.4 is 4.74 Å². The SMILES string of the molecule is CCOCCCOc1ccc(S(=O)(=O)Cl)cc1Br. The van der Waals surface area contributed by atoms with Crippen molar-refractivity contribution in [3.8, 4) is 5.75 Å². The number of hydrogen-bond acceptors (Lipinski definition) is 4. The molecule has 0 N–H and O–H groups in total. The molecule has 0 bridgehead atoms. The average Bonchev–Trinajstić information content (AvgIpc) is 2.29. The highest BCUT2D eigenvalue weighted by atomic mass is 79.9. The molecule has 102 valence electrons. The van der Waals surface area contributed by atoms with Crippen molar-refractivity contribution in [2.24, 2.45) is 0 Å². The Labute approximate surface area is 120 Å². The Hall–Kier alpha value is -0.300. The molecule has 18 heavy (non-hydrogen) atoms. The molecule has 1 aromatic carbocycles. The van der Waals surface area contributed by atoms with Gasteiger partial charge in [-0.3, -0.25) is 0 Å². The highest BCUT2D eigenvalue weighted by Gasteiger charge is 2.12. The van der Waals surface area contributed by atoms with Crippen LogP contribution in [0.4, 0.5) is 0 Å². The van der Waals surface area contributed by atoms with E-state index in [0.717, 1.165) is 6.42 Å². The van der Waals surface area contributed by atoms with E-state index < -0.39 is 9.05 Å². The monoisotopic (exact) mass is 356 g/mol. The third-order valence-electron chi connectivity index (χ3n) is 2.08. The lowest BCUT2D eigenvalue weighted by atomic mass is 10.3. The summed E-state index contributed by atoms with van der Waals surface area (Å²) >= 11 is 3.24. The van der Waals surface area contributed by atoms with Gasteiger partial charge in [0.1, 0.15) is 5.75 Å². The van der Waals surface area contributed by atoms with Crippen LogP contribution >= 0.6 is 26.6 Å². The van der Waals surface area contributed by atoms with Gasteiger partial charge in [0.05, 0.1) is 16.0 Å². The van der Waals surface area contributed by atoms with E-state index in [0.29, 0.717) is 30.0 Å². The van der Waals surface area contributed by atoms with Crippen molar-refractivity contribution >= 4 is 35.7 Å². The van der Waals surface area contributed by atoms with Gasteiger partial charge in [0.15, 0.2) is 0 Å². The first-order chi connectivity index (χ1) is 8.45. The molecule has 0 fully saturated rings. The van der Waals surface area contributed by atoms with Crippen molar-refractivity contribution in [3.05, 3.63) is 22.7 Å². The maximum absolute atomic E-state index is 11.1. The zero-order valence-electron chi connectivity index (χ0n) is 9.86. The lowest BCUT2D eigenvalue weighted by Gasteiger charge is -2.08. The second kappa shape index (κ2) is 7.33. The summed E-state index contributed by atoms with van der Waals surface area (Å²) in [4.78, 5) is 0.0395. The average molecular weight is 358 g/mol. The third kappa shape index (κ3) is 5.14. The van der Waals surface area contributed by atoms with E-state index in [9.17, 15) is 8.42 Å².